The molecule has 0 heterocycles. The average molecular weight is 258 g/mol. The molecule has 0 radical (unpaired) electrons. The van der Waals surface area contributed by atoms with E-state index < -0.39 is 16.1 Å². The van der Waals surface area contributed by atoms with Crippen LogP contribution >= 0.6 is 0 Å². The summed E-state index contributed by atoms with van der Waals surface area (Å²) in [6.07, 6.45) is 0. The summed E-state index contributed by atoms with van der Waals surface area (Å²) < 4.78 is 25.5. The molecule has 1 aromatic rings. The highest BCUT2D eigenvalue weighted by Crippen LogP contribution is 2.17. The van der Waals surface area contributed by atoms with Crippen LogP contribution in [0.3, 0.4) is 0 Å². The number of aliphatic hydroxyl groups excluding tert-OH is 1. The lowest BCUT2D eigenvalue weighted by Crippen LogP contribution is -2.37. The fourth-order valence-electron chi connectivity index (χ4n) is 1.35. The van der Waals surface area contributed by atoms with Gasteiger partial charge in [0.15, 0.2) is 0 Å². The number of hydrogen-bond donors (Lipinski definition) is 2. The van der Waals surface area contributed by atoms with Crippen molar-refractivity contribution in [1.82, 2.24) is 4.31 Å². The van der Waals surface area contributed by atoms with Gasteiger partial charge in [-0.1, -0.05) is 12.1 Å². The Balaban J connectivity index is 3.12. The molecule has 1 rings (SSSR count). The second-order valence-corrected chi connectivity index (χ2v) is 5.90. The molecule has 0 spiro atoms. The van der Waals surface area contributed by atoms with E-state index in [2.05, 4.69) is 0 Å². The Morgan fingerprint density at radius 3 is 2.65 bits per heavy atom. The zero-order chi connectivity index (χ0) is 13.1. The molecular formula is C11H18N2O3S. The van der Waals surface area contributed by atoms with E-state index in [9.17, 15) is 8.42 Å². The van der Waals surface area contributed by atoms with Gasteiger partial charge in [0.25, 0.3) is 0 Å². The molecule has 0 bridgehead atoms. The molecule has 0 amide bonds. The van der Waals surface area contributed by atoms with E-state index in [1.807, 2.05) is 0 Å². The van der Waals surface area contributed by atoms with E-state index >= 15 is 0 Å². The van der Waals surface area contributed by atoms with E-state index in [1.54, 1.807) is 25.1 Å². The molecule has 96 valence electrons. The van der Waals surface area contributed by atoms with E-state index in [0.717, 1.165) is 9.87 Å². The summed E-state index contributed by atoms with van der Waals surface area (Å²) in [4.78, 5) is 0.197. The Bertz CT molecular complexity index is 473. The lowest BCUT2D eigenvalue weighted by molar-refractivity contribution is 0.214. The van der Waals surface area contributed by atoms with Crippen molar-refractivity contribution < 1.29 is 13.5 Å². The number of hydrogen-bond acceptors (Lipinski definition) is 4. The maximum atomic E-state index is 12.2. The van der Waals surface area contributed by atoms with Gasteiger partial charge in [-0.15, -0.1) is 0 Å². The van der Waals surface area contributed by atoms with Gasteiger partial charge < -0.3 is 10.8 Å². The van der Waals surface area contributed by atoms with Gasteiger partial charge in [0.1, 0.15) is 0 Å². The largest absolute Gasteiger partial charge is 0.395 e. The molecule has 5 nitrogen and oxygen atoms in total. The highest BCUT2D eigenvalue weighted by molar-refractivity contribution is 7.89. The standard InChI is InChI=1S/C11H18N2O3S/c1-9(8-14)13(2)17(15,16)11-5-3-4-10(6-11)7-12/h3-6,9,14H,7-8,12H2,1-2H3. The van der Waals surface area contributed by atoms with Crippen LogP contribution in [0.2, 0.25) is 0 Å². The van der Waals surface area contributed by atoms with Crippen LogP contribution in [0.1, 0.15) is 12.5 Å². The Hall–Kier alpha value is -0.950. The number of nitrogens with two attached hydrogens (primary N) is 1. The monoisotopic (exact) mass is 258 g/mol. The van der Waals surface area contributed by atoms with Crippen molar-refractivity contribution in [2.75, 3.05) is 13.7 Å². The first-order valence-corrected chi connectivity index (χ1v) is 6.75. The Morgan fingerprint density at radius 1 is 1.47 bits per heavy atom. The maximum absolute atomic E-state index is 12.2. The van der Waals surface area contributed by atoms with Crippen molar-refractivity contribution >= 4 is 10.0 Å². The van der Waals surface area contributed by atoms with E-state index in [1.165, 1.54) is 13.1 Å². The molecule has 0 aliphatic heterocycles. The minimum Gasteiger partial charge on any atom is -0.395 e. The third-order valence-corrected chi connectivity index (χ3v) is 4.66. The molecule has 0 aromatic heterocycles. The van der Waals surface area contributed by atoms with Gasteiger partial charge in [0, 0.05) is 19.6 Å². The molecular weight excluding hydrogens is 240 g/mol. The molecule has 0 aliphatic rings. The van der Waals surface area contributed by atoms with Crippen molar-refractivity contribution in [3.8, 4) is 0 Å². The summed E-state index contributed by atoms with van der Waals surface area (Å²) in [5.41, 5.74) is 6.24. The van der Waals surface area contributed by atoms with Crippen LogP contribution < -0.4 is 5.73 Å². The molecule has 17 heavy (non-hydrogen) atoms. The van der Waals surface area contributed by atoms with Gasteiger partial charge in [-0.3, -0.25) is 0 Å². The molecule has 3 N–H and O–H groups in total. The highest BCUT2D eigenvalue weighted by Gasteiger charge is 2.24. The highest BCUT2D eigenvalue weighted by atomic mass is 32.2. The van der Waals surface area contributed by atoms with Crippen LogP contribution in [-0.4, -0.2) is 37.5 Å². The van der Waals surface area contributed by atoms with Gasteiger partial charge >= 0.3 is 0 Å². The molecule has 0 saturated carbocycles. The van der Waals surface area contributed by atoms with Crippen LogP contribution in [0, 0.1) is 0 Å². The van der Waals surface area contributed by atoms with Crippen LogP contribution in [0.15, 0.2) is 29.2 Å². The maximum Gasteiger partial charge on any atom is 0.243 e. The minimum absolute atomic E-state index is 0.197. The fraction of sp³-hybridized carbons (Fsp3) is 0.455. The SMILES string of the molecule is CC(CO)N(C)S(=O)(=O)c1cccc(CN)c1. The van der Waals surface area contributed by atoms with Crippen LogP contribution in [0.25, 0.3) is 0 Å². The number of benzene rings is 1. The predicted octanol–water partition coefficient (Wildman–Crippen LogP) is 0.147. The average Bonchev–Trinajstić information content (AvgIpc) is 2.36. The fourth-order valence-corrected chi connectivity index (χ4v) is 2.77. The van der Waals surface area contributed by atoms with E-state index in [4.69, 9.17) is 10.8 Å². The Kier molecular flexibility index (Phi) is 4.64. The predicted molar refractivity (Wildman–Crippen MR) is 65.8 cm³/mol. The first-order chi connectivity index (χ1) is 7.93. The number of likely N-dealkylation sites (N-methyl/N-ethyl adjacent to an activating group) is 1. The normalized spacial score (nSPS) is 13.9. The van der Waals surface area contributed by atoms with Crippen molar-refractivity contribution in [2.24, 2.45) is 5.73 Å². The summed E-state index contributed by atoms with van der Waals surface area (Å²) in [5.74, 6) is 0. The van der Waals surface area contributed by atoms with Gasteiger partial charge in [-0.2, -0.15) is 4.31 Å². The molecule has 1 atom stereocenters. The topological polar surface area (TPSA) is 83.6 Å². The zero-order valence-corrected chi connectivity index (χ0v) is 10.8. The number of aliphatic hydroxyl groups is 1. The van der Waals surface area contributed by atoms with Crippen molar-refractivity contribution in [1.29, 1.82) is 0 Å². The molecule has 0 aliphatic carbocycles. The lowest BCUT2D eigenvalue weighted by atomic mass is 10.2. The molecule has 1 unspecified atom stereocenters. The van der Waals surface area contributed by atoms with Crippen LogP contribution in [-0.2, 0) is 16.6 Å². The molecule has 1 aromatic carbocycles. The van der Waals surface area contributed by atoms with Crippen molar-refractivity contribution in [3.63, 3.8) is 0 Å². The third kappa shape index (κ3) is 3.04. The van der Waals surface area contributed by atoms with Gasteiger partial charge in [0.05, 0.1) is 11.5 Å². The molecule has 0 saturated heterocycles. The summed E-state index contributed by atoms with van der Waals surface area (Å²) in [5, 5.41) is 8.99. The molecule has 0 fully saturated rings. The number of sulfonamides is 1. The first-order valence-electron chi connectivity index (χ1n) is 5.31. The number of rotatable bonds is 5. The summed E-state index contributed by atoms with van der Waals surface area (Å²) in [7, 11) is -2.12. The summed E-state index contributed by atoms with van der Waals surface area (Å²) >= 11 is 0. The quantitative estimate of drug-likeness (QED) is 0.787. The second-order valence-electron chi connectivity index (χ2n) is 3.90. The van der Waals surface area contributed by atoms with E-state index in [-0.39, 0.29) is 11.5 Å². The molecule has 6 heteroatoms. The van der Waals surface area contributed by atoms with Crippen molar-refractivity contribution in [2.45, 2.75) is 24.4 Å². The van der Waals surface area contributed by atoms with Crippen molar-refractivity contribution in [3.05, 3.63) is 29.8 Å². The summed E-state index contributed by atoms with van der Waals surface area (Å²) in [6.45, 7) is 1.72. The first kappa shape index (κ1) is 14.1. The smallest absolute Gasteiger partial charge is 0.243 e. The van der Waals surface area contributed by atoms with Gasteiger partial charge in [-0.25, -0.2) is 8.42 Å². The summed E-state index contributed by atoms with van der Waals surface area (Å²) in [6, 6.07) is 6.05. The van der Waals surface area contributed by atoms with E-state index in [0.29, 0.717) is 6.54 Å². The third-order valence-electron chi connectivity index (χ3n) is 2.70. The Morgan fingerprint density at radius 2 is 2.12 bits per heavy atom. The zero-order valence-electron chi connectivity index (χ0n) is 10.00. The van der Waals surface area contributed by atoms with Crippen LogP contribution in [0.5, 0.6) is 0 Å². The lowest BCUT2D eigenvalue weighted by Gasteiger charge is -2.22. The second kappa shape index (κ2) is 5.59. The number of nitrogens with zero attached hydrogens (tertiary/aromatic N) is 1. The Labute approximate surface area is 102 Å². The van der Waals surface area contributed by atoms with Gasteiger partial charge in [-0.05, 0) is 24.6 Å². The van der Waals surface area contributed by atoms with Crippen LogP contribution in [0.4, 0.5) is 0 Å². The van der Waals surface area contributed by atoms with Gasteiger partial charge in [0.2, 0.25) is 10.0 Å². The minimum atomic E-state index is -3.57.